The van der Waals surface area contributed by atoms with Crippen LogP contribution >= 0.6 is 0 Å². The molecule has 0 aromatic heterocycles. The van der Waals surface area contributed by atoms with Gasteiger partial charge in [0.1, 0.15) is 0 Å². The standard InChI is InChI=1S/C14H17N3O4/c18-9-7-16-14(21)15-6-3-8-17-12(19)10-4-1-2-5-11(10)13(17)20/h1-2,4-5,18H,3,6-9H2,(H2,15,16,21). The zero-order valence-electron chi connectivity index (χ0n) is 11.5. The number of imide groups is 1. The number of benzene rings is 1. The minimum absolute atomic E-state index is 0.123. The molecule has 0 saturated carbocycles. The fraction of sp³-hybridized carbons (Fsp3) is 0.357. The van der Waals surface area contributed by atoms with Crippen molar-refractivity contribution in [1.29, 1.82) is 0 Å². The van der Waals surface area contributed by atoms with Crippen LogP contribution in [0.1, 0.15) is 27.1 Å². The van der Waals surface area contributed by atoms with Crippen LogP contribution < -0.4 is 10.6 Å². The normalized spacial score (nSPS) is 13.3. The second-order valence-electron chi connectivity index (χ2n) is 4.57. The highest BCUT2D eigenvalue weighted by molar-refractivity contribution is 6.21. The van der Waals surface area contributed by atoms with E-state index in [2.05, 4.69) is 10.6 Å². The maximum atomic E-state index is 12.1. The number of aliphatic hydroxyl groups excluding tert-OH is 1. The Bertz CT molecular complexity index is 524. The molecule has 0 bridgehead atoms. The quantitative estimate of drug-likeness (QED) is 0.506. The predicted octanol–water partition coefficient (Wildman–Crippen LogP) is -0.0358. The summed E-state index contributed by atoms with van der Waals surface area (Å²) in [6, 6.07) is 6.33. The monoisotopic (exact) mass is 291 g/mol. The van der Waals surface area contributed by atoms with Crippen molar-refractivity contribution in [1.82, 2.24) is 15.5 Å². The predicted molar refractivity (Wildman–Crippen MR) is 74.9 cm³/mol. The first kappa shape index (κ1) is 15.0. The Kier molecular flexibility index (Phi) is 4.89. The average Bonchev–Trinajstić information content (AvgIpc) is 2.74. The van der Waals surface area contributed by atoms with Crippen molar-refractivity contribution >= 4 is 17.8 Å². The summed E-state index contributed by atoms with van der Waals surface area (Å²) in [5.41, 5.74) is 0.854. The zero-order chi connectivity index (χ0) is 15.2. The lowest BCUT2D eigenvalue weighted by atomic mass is 10.1. The number of hydrogen-bond donors (Lipinski definition) is 3. The van der Waals surface area contributed by atoms with E-state index in [0.717, 1.165) is 0 Å². The van der Waals surface area contributed by atoms with Crippen LogP contribution in [0.5, 0.6) is 0 Å². The molecule has 1 heterocycles. The lowest BCUT2D eigenvalue weighted by molar-refractivity contribution is 0.0653. The number of rotatable bonds is 6. The molecule has 1 aliphatic rings. The average molecular weight is 291 g/mol. The highest BCUT2D eigenvalue weighted by atomic mass is 16.3. The van der Waals surface area contributed by atoms with Crippen LogP contribution in [0.3, 0.4) is 0 Å². The first-order chi connectivity index (χ1) is 10.1. The van der Waals surface area contributed by atoms with Gasteiger partial charge in [0.15, 0.2) is 0 Å². The number of urea groups is 1. The number of hydrogen-bond acceptors (Lipinski definition) is 4. The van der Waals surface area contributed by atoms with E-state index in [1.807, 2.05) is 0 Å². The fourth-order valence-corrected chi connectivity index (χ4v) is 2.11. The summed E-state index contributed by atoms with van der Waals surface area (Å²) in [6.07, 6.45) is 0.470. The summed E-state index contributed by atoms with van der Waals surface area (Å²) in [6.45, 7) is 0.657. The van der Waals surface area contributed by atoms with E-state index in [1.54, 1.807) is 24.3 Å². The molecule has 7 nitrogen and oxygen atoms in total. The Morgan fingerprint density at radius 3 is 2.19 bits per heavy atom. The third-order valence-electron chi connectivity index (χ3n) is 3.12. The Hall–Kier alpha value is -2.41. The van der Waals surface area contributed by atoms with E-state index in [1.165, 1.54) is 4.90 Å². The number of nitrogens with zero attached hydrogens (tertiary/aromatic N) is 1. The van der Waals surface area contributed by atoms with Crippen molar-refractivity contribution in [2.75, 3.05) is 26.2 Å². The van der Waals surface area contributed by atoms with Gasteiger partial charge in [-0.05, 0) is 18.6 Å². The summed E-state index contributed by atoms with van der Waals surface area (Å²) in [5, 5.41) is 13.6. The van der Waals surface area contributed by atoms with Crippen molar-refractivity contribution in [3.05, 3.63) is 35.4 Å². The molecule has 1 aromatic carbocycles. The Balaban J connectivity index is 1.79. The van der Waals surface area contributed by atoms with Gasteiger partial charge in [-0.3, -0.25) is 14.5 Å². The Morgan fingerprint density at radius 2 is 1.62 bits per heavy atom. The highest BCUT2D eigenvalue weighted by Gasteiger charge is 2.34. The van der Waals surface area contributed by atoms with Gasteiger partial charge in [0.25, 0.3) is 11.8 Å². The SMILES string of the molecule is O=C(NCCO)NCCCN1C(=O)c2ccccc2C1=O. The maximum Gasteiger partial charge on any atom is 0.314 e. The fourth-order valence-electron chi connectivity index (χ4n) is 2.11. The lowest BCUT2D eigenvalue weighted by Gasteiger charge is -2.14. The van der Waals surface area contributed by atoms with Crippen LogP contribution in [-0.2, 0) is 0 Å². The number of fused-ring (bicyclic) bond motifs is 1. The number of nitrogens with one attached hydrogen (secondary N) is 2. The first-order valence-corrected chi connectivity index (χ1v) is 6.73. The molecule has 1 aromatic rings. The smallest absolute Gasteiger partial charge is 0.314 e. The third kappa shape index (κ3) is 3.38. The van der Waals surface area contributed by atoms with Crippen molar-refractivity contribution in [2.45, 2.75) is 6.42 Å². The molecule has 0 spiro atoms. The zero-order valence-corrected chi connectivity index (χ0v) is 11.5. The summed E-state index contributed by atoms with van der Waals surface area (Å²) >= 11 is 0. The third-order valence-corrected chi connectivity index (χ3v) is 3.12. The van der Waals surface area contributed by atoms with E-state index in [9.17, 15) is 14.4 Å². The van der Waals surface area contributed by atoms with E-state index < -0.39 is 0 Å². The van der Waals surface area contributed by atoms with E-state index in [-0.39, 0.29) is 37.5 Å². The van der Waals surface area contributed by atoms with Gasteiger partial charge in [0.2, 0.25) is 0 Å². The molecule has 7 heteroatoms. The number of carbonyl (C=O) groups excluding carboxylic acids is 3. The van der Waals surface area contributed by atoms with Crippen molar-refractivity contribution < 1.29 is 19.5 Å². The molecule has 4 amide bonds. The van der Waals surface area contributed by atoms with E-state index >= 15 is 0 Å². The van der Waals surface area contributed by atoms with Crippen LogP contribution in [0.4, 0.5) is 4.79 Å². The van der Waals surface area contributed by atoms with E-state index in [4.69, 9.17) is 5.11 Å². The Labute approximate surface area is 121 Å². The molecule has 3 N–H and O–H groups in total. The molecule has 0 unspecified atom stereocenters. The molecule has 21 heavy (non-hydrogen) atoms. The van der Waals surface area contributed by atoms with Crippen LogP contribution in [0.2, 0.25) is 0 Å². The number of amides is 4. The van der Waals surface area contributed by atoms with E-state index in [0.29, 0.717) is 24.1 Å². The van der Waals surface area contributed by atoms with Crippen LogP contribution in [0.25, 0.3) is 0 Å². The highest BCUT2D eigenvalue weighted by Crippen LogP contribution is 2.22. The number of carbonyl (C=O) groups is 3. The van der Waals surface area contributed by atoms with Crippen LogP contribution in [0, 0.1) is 0 Å². The largest absolute Gasteiger partial charge is 0.395 e. The van der Waals surface area contributed by atoms with Gasteiger partial charge in [0, 0.05) is 19.6 Å². The summed E-state index contributed by atoms with van der Waals surface area (Å²) in [4.78, 5) is 36.5. The van der Waals surface area contributed by atoms with Crippen molar-refractivity contribution in [3.8, 4) is 0 Å². The first-order valence-electron chi connectivity index (χ1n) is 6.73. The van der Waals surface area contributed by atoms with Gasteiger partial charge in [0.05, 0.1) is 17.7 Å². The molecule has 0 radical (unpaired) electrons. The van der Waals surface area contributed by atoms with Crippen LogP contribution in [0.15, 0.2) is 24.3 Å². The van der Waals surface area contributed by atoms with Gasteiger partial charge in [-0.2, -0.15) is 0 Å². The summed E-state index contributed by atoms with van der Waals surface area (Å²) < 4.78 is 0. The molecule has 0 aliphatic carbocycles. The van der Waals surface area contributed by atoms with Crippen molar-refractivity contribution in [2.24, 2.45) is 0 Å². The van der Waals surface area contributed by atoms with Gasteiger partial charge in [-0.1, -0.05) is 12.1 Å². The van der Waals surface area contributed by atoms with Gasteiger partial charge in [-0.15, -0.1) is 0 Å². The van der Waals surface area contributed by atoms with Gasteiger partial charge < -0.3 is 15.7 Å². The van der Waals surface area contributed by atoms with Gasteiger partial charge >= 0.3 is 6.03 Å². The minimum Gasteiger partial charge on any atom is -0.395 e. The van der Waals surface area contributed by atoms with Crippen molar-refractivity contribution in [3.63, 3.8) is 0 Å². The molecular formula is C14H17N3O4. The number of aliphatic hydroxyl groups is 1. The lowest BCUT2D eigenvalue weighted by Crippen LogP contribution is -2.39. The Morgan fingerprint density at radius 1 is 1.05 bits per heavy atom. The molecule has 0 saturated heterocycles. The van der Waals surface area contributed by atoms with Crippen LogP contribution in [-0.4, -0.2) is 54.1 Å². The minimum atomic E-state index is -0.383. The second-order valence-corrected chi connectivity index (χ2v) is 4.57. The molecular weight excluding hydrogens is 274 g/mol. The summed E-state index contributed by atoms with van der Waals surface area (Å²) in [7, 11) is 0. The molecule has 0 atom stereocenters. The maximum absolute atomic E-state index is 12.1. The topological polar surface area (TPSA) is 98.7 Å². The summed E-state index contributed by atoms with van der Waals surface area (Å²) in [5.74, 6) is -0.583. The second kappa shape index (κ2) is 6.85. The molecule has 112 valence electrons. The molecule has 1 aliphatic heterocycles. The molecule has 2 rings (SSSR count). The van der Waals surface area contributed by atoms with Gasteiger partial charge in [-0.25, -0.2) is 4.79 Å². The molecule has 0 fully saturated rings.